The number of nitrogens with one attached hydrogen (secondary N) is 1. The maximum atomic E-state index is 10.6. The number of ether oxygens (including phenoxy) is 1. The van der Waals surface area contributed by atoms with Crippen molar-refractivity contribution in [3.63, 3.8) is 0 Å². The van der Waals surface area contributed by atoms with Crippen LogP contribution in [0.1, 0.15) is 5.01 Å². The predicted octanol–water partition coefficient (Wildman–Crippen LogP) is 1.08. The van der Waals surface area contributed by atoms with Crippen LogP contribution in [0.4, 0.5) is 0 Å². The number of thiazole rings is 1. The Kier molecular flexibility index (Phi) is 4.51. The van der Waals surface area contributed by atoms with Crippen LogP contribution in [0, 0.1) is 0 Å². The van der Waals surface area contributed by atoms with Crippen LogP contribution in [0.2, 0.25) is 0 Å². The van der Waals surface area contributed by atoms with Gasteiger partial charge in [0.15, 0.2) is 0 Å². The number of hydrogen-bond acceptors (Lipinski definition) is 6. The average molecular weight is 307 g/mol. The van der Waals surface area contributed by atoms with Gasteiger partial charge in [0, 0.05) is 19.6 Å². The third-order valence-corrected chi connectivity index (χ3v) is 4.58. The molecular weight excluding hydrogens is 286 g/mol. The van der Waals surface area contributed by atoms with Crippen LogP contribution in [0.25, 0.3) is 10.2 Å². The highest BCUT2D eigenvalue weighted by atomic mass is 32.1. The summed E-state index contributed by atoms with van der Waals surface area (Å²) < 4.78 is 6.66. The third kappa shape index (κ3) is 3.78. The summed E-state index contributed by atoms with van der Waals surface area (Å²) in [5.41, 5.74) is 0.214. The first-order chi connectivity index (χ1) is 10.1. The molecule has 0 saturated carbocycles. The van der Waals surface area contributed by atoms with Crippen LogP contribution < -0.4 is 5.32 Å². The molecule has 114 valence electrons. The van der Waals surface area contributed by atoms with E-state index < -0.39 is 5.60 Å². The van der Waals surface area contributed by atoms with Crippen molar-refractivity contribution in [3.8, 4) is 0 Å². The number of para-hydroxylation sites is 1. The minimum atomic E-state index is -0.831. The summed E-state index contributed by atoms with van der Waals surface area (Å²) in [6.07, 6.45) is 0. The fourth-order valence-electron chi connectivity index (χ4n) is 2.66. The summed E-state index contributed by atoms with van der Waals surface area (Å²) >= 11 is 1.71. The van der Waals surface area contributed by atoms with Crippen LogP contribution in [-0.2, 0) is 11.3 Å². The molecule has 6 heteroatoms. The molecule has 1 aromatic carbocycles. The van der Waals surface area contributed by atoms with Gasteiger partial charge in [0.2, 0.25) is 0 Å². The van der Waals surface area contributed by atoms with Gasteiger partial charge in [-0.3, -0.25) is 4.90 Å². The maximum Gasteiger partial charge on any atom is 0.113 e. The molecule has 0 unspecified atom stereocenters. The molecule has 1 fully saturated rings. The first-order valence-corrected chi connectivity index (χ1v) is 8.00. The maximum absolute atomic E-state index is 10.6. The number of likely N-dealkylation sites (N-methyl/N-ethyl adjacent to an activating group) is 1. The number of nitrogens with zero attached hydrogens (tertiary/aromatic N) is 2. The quantitative estimate of drug-likeness (QED) is 0.885. The molecule has 1 aliphatic rings. The Morgan fingerprint density at radius 3 is 3.19 bits per heavy atom. The summed E-state index contributed by atoms with van der Waals surface area (Å²) in [6.45, 7) is 3.70. The molecular formula is C15H21N3O2S. The van der Waals surface area contributed by atoms with E-state index in [1.807, 2.05) is 25.2 Å². The first-order valence-electron chi connectivity index (χ1n) is 7.18. The van der Waals surface area contributed by atoms with Crippen molar-refractivity contribution in [2.24, 2.45) is 0 Å². The molecule has 0 aliphatic carbocycles. The Hall–Kier alpha value is -1.05. The second-order valence-corrected chi connectivity index (χ2v) is 6.82. The minimum absolute atomic E-state index is 0.379. The first kappa shape index (κ1) is 14.9. The van der Waals surface area contributed by atoms with E-state index in [1.54, 1.807) is 11.3 Å². The zero-order chi connectivity index (χ0) is 14.7. The van der Waals surface area contributed by atoms with Crippen LogP contribution in [0.15, 0.2) is 24.3 Å². The van der Waals surface area contributed by atoms with E-state index in [2.05, 4.69) is 21.3 Å². The monoisotopic (exact) mass is 307 g/mol. The van der Waals surface area contributed by atoms with Crippen LogP contribution in [-0.4, -0.2) is 60.5 Å². The molecule has 21 heavy (non-hydrogen) atoms. The molecule has 0 amide bonds. The van der Waals surface area contributed by atoms with Crippen LogP contribution in [0.3, 0.4) is 0 Å². The lowest BCUT2D eigenvalue weighted by Crippen LogP contribution is -2.50. The molecule has 2 N–H and O–H groups in total. The van der Waals surface area contributed by atoms with Crippen LogP contribution >= 0.6 is 11.3 Å². The molecule has 1 aromatic heterocycles. The summed E-state index contributed by atoms with van der Waals surface area (Å²) in [7, 11) is 2.01. The van der Waals surface area contributed by atoms with Crippen molar-refractivity contribution >= 4 is 21.6 Å². The van der Waals surface area contributed by atoms with Gasteiger partial charge >= 0.3 is 0 Å². The number of fused-ring (bicyclic) bond motifs is 1. The Morgan fingerprint density at radius 2 is 2.33 bits per heavy atom. The molecule has 1 saturated heterocycles. The molecule has 0 bridgehead atoms. The zero-order valence-corrected chi connectivity index (χ0v) is 13.0. The smallest absolute Gasteiger partial charge is 0.113 e. The lowest BCUT2D eigenvalue weighted by molar-refractivity contribution is -0.0461. The fourth-order valence-corrected chi connectivity index (χ4v) is 3.70. The number of rotatable bonds is 4. The summed E-state index contributed by atoms with van der Waals surface area (Å²) in [5.74, 6) is 0. The van der Waals surface area contributed by atoms with E-state index in [-0.39, 0.29) is 0 Å². The van der Waals surface area contributed by atoms with E-state index >= 15 is 0 Å². The van der Waals surface area contributed by atoms with Crippen molar-refractivity contribution in [2.45, 2.75) is 12.1 Å². The SMILES string of the molecule is CN(Cc1nc2ccccc2s1)C[C@]1(O)CNCCOC1. The Labute approximate surface area is 128 Å². The van der Waals surface area contributed by atoms with Crippen molar-refractivity contribution in [3.05, 3.63) is 29.3 Å². The van der Waals surface area contributed by atoms with E-state index in [4.69, 9.17) is 4.74 Å². The van der Waals surface area contributed by atoms with Gasteiger partial charge in [0.05, 0.1) is 30.0 Å². The largest absolute Gasteiger partial charge is 0.385 e. The van der Waals surface area contributed by atoms with Crippen molar-refractivity contribution in [2.75, 3.05) is 39.9 Å². The lowest BCUT2D eigenvalue weighted by Gasteiger charge is -2.30. The Morgan fingerprint density at radius 1 is 1.48 bits per heavy atom. The van der Waals surface area contributed by atoms with Crippen molar-refractivity contribution in [1.29, 1.82) is 0 Å². The number of aromatic nitrogens is 1. The predicted molar refractivity (Wildman–Crippen MR) is 84.6 cm³/mol. The van der Waals surface area contributed by atoms with Gasteiger partial charge in [-0.05, 0) is 19.2 Å². The fraction of sp³-hybridized carbons (Fsp3) is 0.533. The summed E-state index contributed by atoms with van der Waals surface area (Å²) in [6, 6.07) is 8.16. The van der Waals surface area contributed by atoms with Crippen LogP contribution in [0.5, 0.6) is 0 Å². The Balaban J connectivity index is 1.63. The lowest BCUT2D eigenvalue weighted by atomic mass is 10.1. The number of hydrogen-bond donors (Lipinski definition) is 2. The number of aliphatic hydroxyl groups is 1. The number of benzene rings is 1. The van der Waals surface area contributed by atoms with Crippen molar-refractivity contribution < 1.29 is 9.84 Å². The standard InChI is InChI=1S/C15H21N3O2S/c1-18(10-15(19)9-16-6-7-20-11-15)8-14-17-12-4-2-3-5-13(12)21-14/h2-5,16,19H,6-11H2,1H3/t15-/m1/s1. The van der Waals surface area contributed by atoms with Gasteiger partial charge in [0.1, 0.15) is 10.6 Å². The molecule has 0 spiro atoms. The highest BCUT2D eigenvalue weighted by Crippen LogP contribution is 2.22. The molecule has 5 nitrogen and oxygen atoms in total. The highest BCUT2D eigenvalue weighted by molar-refractivity contribution is 7.18. The minimum Gasteiger partial charge on any atom is -0.385 e. The molecule has 0 radical (unpaired) electrons. The average Bonchev–Trinajstić information content (AvgIpc) is 2.72. The molecule has 3 rings (SSSR count). The van der Waals surface area contributed by atoms with E-state index in [0.717, 1.165) is 23.6 Å². The van der Waals surface area contributed by atoms with Gasteiger partial charge in [-0.15, -0.1) is 11.3 Å². The molecule has 1 atom stereocenters. The summed E-state index contributed by atoms with van der Waals surface area (Å²) in [4.78, 5) is 6.74. The van der Waals surface area contributed by atoms with Gasteiger partial charge in [-0.2, -0.15) is 0 Å². The Bertz CT molecular complexity index is 560. The molecule has 2 heterocycles. The van der Waals surface area contributed by atoms with Gasteiger partial charge in [-0.1, -0.05) is 12.1 Å². The second-order valence-electron chi connectivity index (χ2n) is 5.70. The second kappa shape index (κ2) is 6.37. The topological polar surface area (TPSA) is 57.6 Å². The van der Waals surface area contributed by atoms with E-state index in [0.29, 0.717) is 26.3 Å². The summed E-state index contributed by atoms with van der Waals surface area (Å²) in [5, 5.41) is 14.9. The van der Waals surface area contributed by atoms with Gasteiger partial charge < -0.3 is 15.2 Å². The molecule has 2 aromatic rings. The van der Waals surface area contributed by atoms with Gasteiger partial charge in [-0.25, -0.2) is 4.98 Å². The highest BCUT2D eigenvalue weighted by Gasteiger charge is 2.30. The van der Waals surface area contributed by atoms with E-state index in [1.165, 1.54) is 4.70 Å². The normalized spacial score (nSPS) is 23.6. The van der Waals surface area contributed by atoms with E-state index in [9.17, 15) is 5.11 Å². The zero-order valence-electron chi connectivity index (χ0n) is 12.2. The van der Waals surface area contributed by atoms with Gasteiger partial charge in [0.25, 0.3) is 0 Å². The third-order valence-electron chi connectivity index (χ3n) is 3.56. The number of β-amino-alcohol motifs (C(OH)–C–C–N with tert-alkyl or cyclic N) is 1. The molecule has 1 aliphatic heterocycles. The van der Waals surface area contributed by atoms with Crippen molar-refractivity contribution in [1.82, 2.24) is 15.2 Å².